The van der Waals surface area contributed by atoms with E-state index in [1.807, 2.05) is 18.4 Å². The van der Waals surface area contributed by atoms with E-state index in [2.05, 4.69) is 4.98 Å². The van der Waals surface area contributed by atoms with Crippen LogP contribution in [-0.4, -0.2) is 26.9 Å². The van der Waals surface area contributed by atoms with Gasteiger partial charge in [0.25, 0.3) is 5.91 Å². The second-order valence-corrected chi connectivity index (χ2v) is 7.34. The lowest BCUT2D eigenvalue weighted by Crippen LogP contribution is -2.34. The topological polar surface area (TPSA) is 38.1 Å². The van der Waals surface area contributed by atoms with Crippen LogP contribution in [0, 0.1) is 17.5 Å². The summed E-state index contributed by atoms with van der Waals surface area (Å²) in [6, 6.07) is 7.78. The third kappa shape index (κ3) is 4.66. The maximum Gasteiger partial charge on any atom is 0.260 e. The third-order valence-corrected chi connectivity index (χ3v) is 5.06. The van der Waals surface area contributed by atoms with E-state index >= 15 is 0 Å². The first kappa shape index (κ1) is 21.9. The largest absolute Gasteiger partial charge is 0.331 e. The van der Waals surface area contributed by atoms with Gasteiger partial charge < -0.3 is 9.47 Å². The number of unbranched alkanes of at least 4 members (excludes halogenated alkanes) is 2. The molecule has 0 spiro atoms. The molecule has 1 heterocycles. The van der Waals surface area contributed by atoms with Crippen LogP contribution < -0.4 is 0 Å². The lowest BCUT2D eigenvalue weighted by Gasteiger charge is -2.23. The number of aryl methyl sites for hydroxylation is 1. The summed E-state index contributed by atoms with van der Waals surface area (Å²) < 4.78 is 44.1. The molecule has 0 aliphatic rings. The number of benzene rings is 2. The van der Waals surface area contributed by atoms with Gasteiger partial charge in [0.2, 0.25) is 0 Å². The molecule has 0 bridgehead atoms. The van der Waals surface area contributed by atoms with Gasteiger partial charge in [-0.25, -0.2) is 18.2 Å². The van der Waals surface area contributed by atoms with Crippen LogP contribution in [0.1, 0.15) is 55.7 Å². The normalized spacial score (nSPS) is 11.2. The van der Waals surface area contributed by atoms with Crippen LogP contribution in [0.25, 0.3) is 11.0 Å². The Morgan fingerprint density at radius 2 is 1.77 bits per heavy atom. The second-order valence-electron chi connectivity index (χ2n) is 7.34. The molecule has 0 aliphatic carbocycles. The van der Waals surface area contributed by atoms with Gasteiger partial charge in [-0.2, -0.15) is 0 Å². The fraction of sp³-hybridized carbons (Fsp3) is 0.391. The van der Waals surface area contributed by atoms with E-state index in [0.717, 1.165) is 36.9 Å². The standard InChI is InChI=1S/C23H26F3N3O/c1-3-5-6-13-28(23(30)22-17(25)8-7-9-18(22)26)15-21-27-19-14-16(24)10-11-20(19)29(21)12-4-2/h7-11,14H,3-6,12-13,15H2,1-2H3. The summed E-state index contributed by atoms with van der Waals surface area (Å²) >= 11 is 0. The zero-order chi connectivity index (χ0) is 21.7. The Bertz CT molecular complexity index is 1010. The molecule has 0 atom stereocenters. The maximum atomic E-state index is 14.3. The summed E-state index contributed by atoms with van der Waals surface area (Å²) in [5, 5.41) is 0. The number of hydrogen-bond donors (Lipinski definition) is 0. The van der Waals surface area contributed by atoms with Crippen molar-refractivity contribution in [1.82, 2.24) is 14.5 Å². The molecule has 0 saturated carbocycles. The zero-order valence-corrected chi connectivity index (χ0v) is 17.3. The Balaban J connectivity index is 1.99. The summed E-state index contributed by atoms with van der Waals surface area (Å²) in [5.74, 6) is -2.30. The number of rotatable bonds is 9. The maximum absolute atomic E-state index is 14.3. The van der Waals surface area contributed by atoms with Gasteiger partial charge in [-0.05, 0) is 37.1 Å². The smallest absolute Gasteiger partial charge is 0.260 e. The van der Waals surface area contributed by atoms with Crippen LogP contribution in [0.2, 0.25) is 0 Å². The molecule has 0 aliphatic heterocycles. The number of hydrogen-bond acceptors (Lipinski definition) is 2. The first-order chi connectivity index (χ1) is 14.5. The molecule has 0 N–H and O–H groups in total. The van der Waals surface area contributed by atoms with Crippen LogP contribution in [0.3, 0.4) is 0 Å². The van der Waals surface area contributed by atoms with Gasteiger partial charge in [0.05, 0.1) is 17.6 Å². The van der Waals surface area contributed by atoms with Gasteiger partial charge in [-0.15, -0.1) is 0 Å². The fourth-order valence-electron chi connectivity index (χ4n) is 3.58. The highest BCUT2D eigenvalue weighted by atomic mass is 19.1. The molecule has 0 radical (unpaired) electrons. The second kappa shape index (κ2) is 9.78. The van der Waals surface area contributed by atoms with Crippen LogP contribution >= 0.6 is 0 Å². The van der Waals surface area contributed by atoms with Crippen LogP contribution in [-0.2, 0) is 13.1 Å². The van der Waals surface area contributed by atoms with Crippen molar-refractivity contribution < 1.29 is 18.0 Å². The predicted molar refractivity (Wildman–Crippen MR) is 111 cm³/mol. The summed E-state index contributed by atoms with van der Waals surface area (Å²) in [7, 11) is 0. The van der Waals surface area contributed by atoms with Gasteiger partial charge in [-0.1, -0.05) is 32.8 Å². The van der Waals surface area contributed by atoms with Crippen molar-refractivity contribution in [3.8, 4) is 0 Å². The number of carbonyl (C=O) groups is 1. The minimum absolute atomic E-state index is 0.0899. The molecule has 4 nitrogen and oxygen atoms in total. The van der Waals surface area contributed by atoms with E-state index in [0.29, 0.717) is 30.9 Å². The van der Waals surface area contributed by atoms with Crippen molar-refractivity contribution in [2.75, 3.05) is 6.54 Å². The summed E-state index contributed by atoms with van der Waals surface area (Å²) in [6.45, 7) is 5.13. The van der Waals surface area contributed by atoms with Crippen molar-refractivity contribution in [1.29, 1.82) is 0 Å². The minimum atomic E-state index is -0.885. The zero-order valence-electron chi connectivity index (χ0n) is 17.3. The molecule has 7 heteroatoms. The first-order valence-electron chi connectivity index (χ1n) is 10.3. The lowest BCUT2D eigenvalue weighted by molar-refractivity contribution is 0.0724. The number of carbonyl (C=O) groups excluding carboxylic acids is 1. The number of amides is 1. The predicted octanol–water partition coefficient (Wildman–Crippen LogP) is 5.70. The molecule has 30 heavy (non-hydrogen) atoms. The Morgan fingerprint density at radius 1 is 1.03 bits per heavy atom. The highest BCUT2D eigenvalue weighted by Crippen LogP contribution is 2.22. The van der Waals surface area contributed by atoms with Gasteiger partial charge >= 0.3 is 0 Å². The third-order valence-electron chi connectivity index (χ3n) is 5.06. The highest BCUT2D eigenvalue weighted by Gasteiger charge is 2.25. The monoisotopic (exact) mass is 417 g/mol. The summed E-state index contributed by atoms with van der Waals surface area (Å²) in [6.07, 6.45) is 3.37. The van der Waals surface area contributed by atoms with E-state index in [-0.39, 0.29) is 12.4 Å². The van der Waals surface area contributed by atoms with Crippen LogP contribution in [0.15, 0.2) is 36.4 Å². The molecular weight excluding hydrogens is 391 g/mol. The molecule has 2 aromatic carbocycles. The SMILES string of the molecule is CCCCCN(Cc1nc2cc(F)ccc2n1CCC)C(=O)c1c(F)cccc1F. The van der Waals surface area contributed by atoms with E-state index in [4.69, 9.17) is 0 Å². The Morgan fingerprint density at radius 3 is 2.43 bits per heavy atom. The molecular formula is C23H26F3N3O. The number of nitrogens with zero attached hydrogens (tertiary/aromatic N) is 3. The Labute approximate surface area is 174 Å². The summed E-state index contributed by atoms with van der Waals surface area (Å²) in [5.41, 5.74) is 0.709. The Hall–Kier alpha value is -2.83. The molecule has 0 fully saturated rings. The van der Waals surface area contributed by atoms with Crippen LogP contribution in [0.5, 0.6) is 0 Å². The number of imidazole rings is 1. The average Bonchev–Trinajstić information content (AvgIpc) is 3.03. The molecule has 160 valence electrons. The molecule has 3 aromatic rings. The van der Waals surface area contributed by atoms with E-state index < -0.39 is 23.1 Å². The quantitative estimate of drug-likeness (QED) is 0.419. The lowest BCUT2D eigenvalue weighted by atomic mass is 10.1. The van der Waals surface area contributed by atoms with Crippen molar-refractivity contribution in [2.45, 2.75) is 52.6 Å². The highest BCUT2D eigenvalue weighted by molar-refractivity contribution is 5.94. The number of fused-ring (bicyclic) bond motifs is 1. The first-order valence-corrected chi connectivity index (χ1v) is 10.3. The van der Waals surface area contributed by atoms with E-state index in [1.165, 1.54) is 23.1 Å². The van der Waals surface area contributed by atoms with Crippen LogP contribution in [0.4, 0.5) is 13.2 Å². The molecule has 1 aromatic heterocycles. The number of halogens is 3. The van der Waals surface area contributed by atoms with Crippen molar-refractivity contribution in [2.24, 2.45) is 0 Å². The van der Waals surface area contributed by atoms with Crippen molar-refractivity contribution in [3.05, 3.63) is 65.2 Å². The van der Waals surface area contributed by atoms with Gasteiger partial charge in [0.1, 0.15) is 28.8 Å². The van der Waals surface area contributed by atoms with E-state index in [9.17, 15) is 18.0 Å². The molecule has 0 saturated heterocycles. The summed E-state index contributed by atoms with van der Waals surface area (Å²) in [4.78, 5) is 19.0. The number of aromatic nitrogens is 2. The molecule has 0 unspecified atom stereocenters. The van der Waals surface area contributed by atoms with Gasteiger partial charge in [-0.3, -0.25) is 4.79 Å². The minimum Gasteiger partial charge on any atom is -0.331 e. The van der Waals surface area contributed by atoms with Crippen molar-refractivity contribution >= 4 is 16.9 Å². The van der Waals surface area contributed by atoms with Gasteiger partial charge in [0, 0.05) is 19.2 Å². The average molecular weight is 417 g/mol. The van der Waals surface area contributed by atoms with Crippen molar-refractivity contribution in [3.63, 3.8) is 0 Å². The Kier molecular flexibility index (Phi) is 7.13. The fourth-order valence-corrected chi connectivity index (χ4v) is 3.58. The molecule has 3 rings (SSSR count). The van der Waals surface area contributed by atoms with Gasteiger partial charge in [0.15, 0.2) is 0 Å². The van der Waals surface area contributed by atoms with E-state index in [1.54, 1.807) is 6.07 Å². The molecule has 1 amide bonds.